The highest BCUT2D eigenvalue weighted by molar-refractivity contribution is 7.11. The number of hydrogen-bond acceptors (Lipinski definition) is 4. The van der Waals surface area contributed by atoms with Crippen LogP contribution in [0, 0.1) is 13.8 Å². The number of aryl methyl sites for hydroxylation is 2. The van der Waals surface area contributed by atoms with Crippen molar-refractivity contribution in [3.8, 4) is 0 Å². The van der Waals surface area contributed by atoms with Gasteiger partial charge < -0.3 is 9.73 Å². The molecule has 0 aliphatic rings. The third-order valence-corrected chi connectivity index (χ3v) is 3.61. The molecule has 0 spiro atoms. The summed E-state index contributed by atoms with van der Waals surface area (Å²) >= 11 is 1.75. The summed E-state index contributed by atoms with van der Waals surface area (Å²) in [6.45, 7) is 7.04. The molecule has 0 unspecified atom stereocenters. The maximum absolute atomic E-state index is 5.34. The minimum Gasteiger partial charge on any atom is -0.468 e. The van der Waals surface area contributed by atoms with E-state index in [4.69, 9.17) is 4.42 Å². The molecule has 86 valence electrons. The van der Waals surface area contributed by atoms with Crippen LogP contribution >= 0.6 is 11.3 Å². The summed E-state index contributed by atoms with van der Waals surface area (Å²) in [4.78, 5) is 5.71. The summed E-state index contributed by atoms with van der Waals surface area (Å²) in [5, 5.41) is 4.56. The third kappa shape index (κ3) is 2.51. The molecule has 2 aromatic rings. The summed E-state index contributed by atoms with van der Waals surface area (Å²) in [7, 11) is 0. The number of nitrogens with zero attached hydrogens (tertiary/aromatic N) is 1. The fraction of sp³-hybridized carbons (Fsp3) is 0.417. The molecule has 0 saturated carbocycles. The Morgan fingerprint density at radius 3 is 2.88 bits per heavy atom. The number of furan rings is 1. The highest BCUT2D eigenvalue weighted by Crippen LogP contribution is 2.19. The fourth-order valence-electron chi connectivity index (χ4n) is 1.62. The van der Waals surface area contributed by atoms with Crippen LogP contribution in [0.2, 0.25) is 0 Å². The monoisotopic (exact) mass is 236 g/mol. The van der Waals surface area contributed by atoms with E-state index >= 15 is 0 Å². The molecule has 2 aromatic heterocycles. The lowest BCUT2D eigenvalue weighted by molar-refractivity contribution is 0.431. The third-order valence-electron chi connectivity index (χ3n) is 2.54. The van der Waals surface area contributed by atoms with E-state index < -0.39 is 0 Å². The Labute approximate surface area is 99.5 Å². The van der Waals surface area contributed by atoms with Gasteiger partial charge in [-0.25, -0.2) is 4.98 Å². The van der Waals surface area contributed by atoms with E-state index in [1.54, 1.807) is 17.6 Å². The minimum atomic E-state index is 0.233. The van der Waals surface area contributed by atoms with Gasteiger partial charge in [0.2, 0.25) is 0 Å². The van der Waals surface area contributed by atoms with Gasteiger partial charge in [0.15, 0.2) is 0 Å². The van der Waals surface area contributed by atoms with E-state index in [1.165, 1.54) is 4.88 Å². The average Bonchev–Trinajstić information content (AvgIpc) is 2.84. The molecule has 2 rings (SSSR count). The maximum atomic E-state index is 5.34. The normalized spacial score (nSPS) is 12.9. The second kappa shape index (κ2) is 4.80. The van der Waals surface area contributed by atoms with Gasteiger partial charge in [0, 0.05) is 11.4 Å². The number of aromatic nitrogens is 1. The van der Waals surface area contributed by atoms with Crippen molar-refractivity contribution < 1.29 is 4.42 Å². The van der Waals surface area contributed by atoms with Gasteiger partial charge in [0.25, 0.3) is 0 Å². The van der Waals surface area contributed by atoms with E-state index in [0.29, 0.717) is 0 Å². The van der Waals surface area contributed by atoms with E-state index in [0.717, 1.165) is 23.0 Å². The Kier molecular flexibility index (Phi) is 3.41. The summed E-state index contributed by atoms with van der Waals surface area (Å²) in [6, 6.07) is 4.13. The Morgan fingerprint density at radius 1 is 1.50 bits per heavy atom. The van der Waals surface area contributed by atoms with Gasteiger partial charge in [0.1, 0.15) is 5.76 Å². The minimum absolute atomic E-state index is 0.233. The second-order valence-electron chi connectivity index (χ2n) is 3.86. The SMILES string of the molecule is Cc1nc(C)c(CN[C@H](C)c2ccco2)s1. The molecular formula is C12H16N2OS. The first-order valence-corrected chi connectivity index (χ1v) is 6.18. The lowest BCUT2D eigenvalue weighted by Crippen LogP contribution is -2.17. The second-order valence-corrected chi connectivity index (χ2v) is 5.15. The Balaban J connectivity index is 1.95. The Hall–Kier alpha value is -1.13. The van der Waals surface area contributed by atoms with E-state index in [2.05, 4.69) is 24.1 Å². The van der Waals surface area contributed by atoms with Gasteiger partial charge >= 0.3 is 0 Å². The van der Waals surface area contributed by atoms with Crippen LogP contribution in [0.25, 0.3) is 0 Å². The van der Waals surface area contributed by atoms with Crippen molar-refractivity contribution in [2.24, 2.45) is 0 Å². The number of rotatable bonds is 4. The quantitative estimate of drug-likeness (QED) is 0.885. The van der Waals surface area contributed by atoms with Crippen molar-refractivity contribution in [1.82, 2.24) is 10.3 Å². The van der Waals surface area contributed by atoms with Crippen molar-refractivity contribution in [2.45, 2.75) is 33.4 Å². The zero-order chi connectivity index (χ0) is 11.5. The van der Waals surface area contributed by atoms with Gasteiger partial charge in [-0.15, -0.1) is 11.3 Å². The first-order chi connectivity index (χ1) is 7.66. The van der Waals surface area contributed by atoms with Crippen molar-refractivity contribution in [3.05, 3.63) is 39.7 Å². The summed E-state index contributed by atoms with van der Waals surface area (Å²) in [6.07, 6.45) is 1.70. The lowest BCUT2D eigenvalue weighted by Gasteiger charge is -2.10. The van der Waals surface area contributed by atoms with Gasteiger partial charge in [0.05, 0.1) is 23.0 Å². The highest BCUT2D eigenvalue weighted by atomic mass is 32.1. The summed E-state index contributed by atoms with van der Waals surface area (Å²) in [5.41, 5.74) is 1.13. The van der Waals surface area contributed by atoms with E-state index in [1.807, 2.05) is 19.1 Å². The van der Waals surface area contributed by atoms with Crippen LogP contribution in [0.15, 0.2) is 22.8 Å². The molecule has 3 nitrogen and oxygen atoms in total. The molecule has 0 radical (unpaired) electrons. The molecule has 16 heavy (non-hydrogen) atoms. The number of thiazole rings is 1. The molecule has 0 saturated heterocycles. The first-order valence-electron chi connectivity index (χ1n) is 5.36. The van der Waals surface area contributed by atoms with Crippen LogP contribution in [0.1, 0.15) is 34.3 Å². The Bertz CT molecular complexity index is 448. The molecule has 0 fully saturated rings. The van der Waals surface area contributed by atoms with Gasteiger partial charge in [-0.05, 0) is 32.9 Å². The molecule has 0 bridgehead atoms. The number of hydrogen-bond donors (Lipinski definition) is 1. The van der Waals surface area contributed by atoms with Crippen LogP contribution in [-0.4, -0.2) is 4.98 Å². The number of nitrogens with one attached hydrogen (secondary N) is 1. The first kappa shape index (κ1) is 11.4. The zero-order valence-corrected chi connectivity index (χ0v) is 10.6. The van der Waals surface area contributed by atoms with Crippen molar-refractivity contribution in [2.75, 3.05) is 0 Å². The predicted molar refractivity (Wildman–Crippen MR) is 65.6 cm³/mol. The molecule has 1 atom stereocenters. The molecule has 1 N–H and O–H groups in total. The van der Waals surface area contributed by atoms with Crippen molar-refractivity contribution in [3.63, 3.8) is 0 Å². The Morgan fingerprint density at radius 2 is 2.31 bits per heavy atom. The largest absolute Gasteiger partial charge is 0.468 e. The van der Waals surface area contributed by atoms with Crippen LogP contribution in [0.5, 0.6) is 0 Å². The summed E-state index contributed by atoms with van der Waals surface area (Å²) < 4.78 is 5.34. The average molecular weight is 236 g/mol. The van der Waals surface area contributed by atoms with Gasteiger partial charge in [-0.3, -0.25) is 0 Å². The molecular weight excluding hydrogens is 220 g/mol. The van der Waals surface area contributed by atoms with Gasteiger partial charge in [-0.1, -0.05) is 0 Å². The topological polar surface area (TPSA) is 38.1 Å². The molecule has 2 heterocycles. The molecule has 0 aromatic carbocycles. The standard InChI is InChI=1S/C12H16N2OS/c1-8(11-5-4-6-15-11)13-7-12-9(2)14-10(3)16-12/h4-6,8,13H,7H2,1-3H3/t8-/m1/s1. The maximum Gasteiger partial charge on any atom is 0.120 e. The van der Waals surface area contributed by atoms with Gasteiger partial charge in [-0.2, -0.15) is 0 Å². The van der Waals surface area contributed by atoms with Crippen LogP contribution < -0.4 is 5.32 Å². The molecule has 0 aliphatic heterocycles. The fourth-order valence-corrected chi connectivity index (χ4v) is 2.51. The predicted octanol–water partition coefficient (Wildman–Crippen LogP) is 3.20. The highest BCUT2D eigenvalue weighted by Gasteiger charge is 2.09. The smallest absolute Gasteiger partial charge is 0.120 e. The van der Waals surface area contributed by atoms with E-state index in [9.17, 15) is 0 Å². The van der Waals surface area contributed by atoms with Crippen molar-refractivity contribution in [1.29, 1.82) is 0 Å². The lowest BCUT2D eigenvalue weighted by atomic mass is 10.2. The van der Waals surface area contributed by atoms with Crippen LogP contribution in [-0.2, 0) is 6.54 Å². The molecule has 0 aliphatic carbocycles. The zero-order valence-electron chi connectivity index (χ0n) is 9.78. The van der Waals surface area contributed by atoms with Crippen molar-refractivity contribution >= 4 is 11.3 Å². The van der Waals surface area contributed by atoms with Crippen LogP contribution in [0.3, 0.4) is 0 Å². The molecule has 4 heteroatoms. The molecule has 0 amide bonds. The van der Waals surface area contributed by atoms with E-state index in [-0.39, 0.29) is 6.04 Å². The van der Waals surface area contributed by atoms with Crippen LogP contribution in [0.4, 0.5) is 0 Å². The summed E-state index contributed by atoms with van der Waals surface area (Å²) in [5.74, 6) is 0.971.